The molecule has 144 heavy (non-hydrogen) atoms. The van der Waals surface area contributed by atoms with Crippen LogP contribution in [0.4, 0.5) is 85.3 Å². The Hall–Kier alpha value is -13.3. The highest BCUT2D eigenvalue weighted by atomic mass is 16.7. The molecule has 9 aromatic rings. The number of hydroxylamine groups is 2. The van der Waals surface area contributed by atoms with E-state index >= 15 is 0 Å². The quantitative estimate of drug-likeness (QED) is 0.0140. The summed E-state index contributed by atoms with van der Waals surface area (Å²) >= 11 is 0. The molecule has 0 saturated heterocycles. The van der Waals surface area contributed by atoms with E-state index in [1.54, 1.807) is 40.6 Å². The fourth-order valence-electron chi connectivity index (χ4n) is 21.2. The number of unbranched alkanes of at least 4 members (excludes halogenated alkanes) is 2. The van der Waals surface area contributed by atoms with Crippen LogP contribution in [0.3, 0.4) is 0 Å². The average Bonchev–Trinajstić information content (AvgIpc) is 0.715. The number of anilines is 15. The first-order valence-electron chi connectivity index (χ1n) is 50.8. The number of hydrogen-bond acceptors (Lipinski definition) is 20. The van der Waals surface area contributed by atoms with Gasteiger partial charge in [0.15, 0.2) is 0 Å². The Bertz CT molecular complexity index is 5860. The molecule has 26 nitrogen and oxygen atoms in total. The maximum atomic E-state index is 11.6. The zero-order valence-electron chi connectivity index (χ0n) is 86.1. The van der Waals surface area contributed by atoms with Crippen molar-refractivity contribution in [2.75, 3.05) is 191 Å². The van der Waals surface area contributed by atoms with Gasteiger partial charge in [0, 0.05) is 181 Å². The van der Waals surface area contributed by atoms with Crippen LogP contribution in [0.1, 0.15) is 200 Å². The molecule has 26 heteroatoms. The number of carboxylic acids is 3. The van der Waals surface area contributed by atoms with Crippen molar-refractivity contribution in [3.05, 3.63) is 282 Å². The molecule has 0 atom stereocenters. The Morgan fingerprint density at radius 2 is 0.583 bits per heavy atom. The number of benzene rings is 9. The standard InChI is InChI=1S/C42H50N4O2.C41H56N4O9.C34H34N4O2.CH2O/c1-39(2)14-18-44-19-15-40(3,4)32-24-29(23-31(39)36(32)44)46(28-12-10-27(11-13-28)22-35(43-9)38(47)48)30-25-33-37-34(26-30)42(7,8)17-21-45(37)20-16-41(33,5)6;1-42-40(41(46)47)33-34-11-13-37(14-12-34)45(38-19-15-35(16-20-38)43(23-10-27-50-4)53-28-8-6-25-48-2)39-21-17-36(18-22-39)44(24-30-52-32-31-51-5)54-29-9-7-26-49-3;1-35-31(34(39)40)18-23-10-12-28(13-11-23)38(29-19-24-6-2-14-36-15-3-7-25(20-29)32(24)36)30-21-26-8-4-16-37-17-5-9-27(22-30)33(26)37;1-2/h10-13,22-26H,14-21H2,1-8H3,(H,47,48);11-22,33H,6-10,23-32H2,2-5H3,(H,46,47);10-13,18-22H,2-9,14-17H2,(H,39,40);1H2/b35-22-;40-33-;31-18-;. The maximum Gasteiger partial charge on any atom is 0.333 e. The van der Waals surface area contributed by atoms with Gasteiger partial charge in [0.2, 0.25) is 0 Å². The number of carbonyl (C=O) groups is 4. The second-order valence-electron chi connectivity index (χ2n) is 40.8. The van der Waals surface area contributed by atoms with Crippen LogP contribution in [0.2, 0.25) is 0 Å². The number of ether oxygens (including phenoxy) is 5. The Kier molecular flexibility index (Phi) is 36.1. The highest BCUT2D eigenvalue weighted by Gasteiger charge is 2.44. The van der Waals surface area contributed by atoms with Crippen molar-refractivity contribution in [3.8, 4) is 0 Å². The number of nitrogens with zero attached hydrogens (tertiary/aromatic N) is 12. The third-order valence-corrected chi connectivity index (χ3v) is 29.2. The van der Waals surface area contributed by atoms with E-state index in [0.717, 1.165) is 187 Å². The van der Waals surface area contributed by atoms with E-state index < -0.39 is 17.9 Å². The van der Waals surface area contributed by atoms with Crippen LogP contribution in [-0.4, -0.2) is 187 Å². The third-order valence-electron chi connectivity index (χ3n) is 29.2. The molecule has 3 N–H and O–H groups in total. The topological polar surface area (TPSA) is 236 Å². The molecule has 17 rings (SSSR count). The normalized spacial score (nSPS) is 16.2. The summed E-state index contributed by atoms with van der Waals surface area (Å²) < 4.78 is 26.5. The van der Waals surface area contributed by atoms with Crippen LogP contribution < -0.4 is 44.4 Å². The molecule has 0 spiro atoms. The molecule has 8 aliphatic rings. The lowest BCUT2D eigenvalue weighted by Crippen LogP contribution is -2.45. The molecular formula is C118H142N12O14. The minimum absolute atomic E-state index is 0.0453. The molecule has 0 amide bonds. The largest absolute Gasteiger partial charge is 0.486 e. The molecule has 0 fully saturated rings. The summed E-state index contributed by atoms with van der Waals surface area (Å²) in [6.45, 7) is 57.8. The fourth-order valence-corrected chi connectivity index (χ4v) is 21.2. The van der Waals surface area contributed by atoms with Crippen molar-refractivity contribution in [3.63, 3.8) is 0 Å². The molecule has 9 aromatic carbocycles. The number of aryl methyl sites for hydroxylation is 4. The highest BCUT2D eigenvalue weighted by Crippen LogP contribution is 2.56. The van der Waals surface area contributed by atoms with Crippen molar-refractivity contribution < 1.29 is 67.9 Å². The van der Waals surface area contributed by atoms with Crippen molar-refractivity contribution in [2.45, 2.75) is 186 Å². The van der Waals surface area contributed by atoms with E-state index in [2.05, 4.69) is 177 Å². The van der Waals surface area contributed by atoms with E-state index in [1.807, 2.05) is 102 Å². The van der Waals surface area contributed by atoms with Gasteiger partial charge in [-0.2, -0.15) is 0 Å². The van der Waals surface area contributed by atoms with Gasteiger partial charge in [-0.15, -0.1) is 0 Å². The summed E-state index contributed by atoms with van der Waals surface area (Å²) in [6.07, 6.45) is 22.4. The van der Waals surface area contributed by atoms with Crippen molar-refractivity contribution >= 4 is 128 Å². The van der Waals surface area contributed by atoms with Crippen molar-refractivity contribution in [2.24, 2.45) is 0 Å². The Balaban J connectivity index is 0.000000171. The number of carbonyl (C=O) groups excluding carboxylic acids is 1. The zero-order valence-corrected chi connectivity index (χ0v) is 86.1. The minimum Gasteiger partial charge on any atom is -0.486 e. The SMILES string of the molecule is C=O.[C-]#[N+]/C(=C\c1ccc(N(c2cc3c4c(c2)C(C)(C)CCN4CCC3(C)C)c2cc3c4c(c2)C(C)(C)CCN4CCC3(C)C)cc1)C(=O)O.[C-]#[N+]/C(=C\c1ccc(N(c2cc3c4c(c2)CCCN4CCC3)c2cc3c4c(c2)CCCN4CCC3)cc1)C(=O)O.[C-]#[N+]/C(=C\c1ccc(N(c2ccc(N(CCCOC)OCCCCOC)cc2)c2ccc(N(CCOCCOC)OCCCCOC)cc2)cc1)C(=O)O. The Morgan fingerprint density at radius 3 is 0.875 bits per heavy atom. The number of carboxylic acid groups (broad SMARTS) is 3. The van der Waals surface area contributed by atoms with E-state index in [0.29, 0.717) is 82.6 Å². The Labute approximate surface area is 851 Å². The Morgan fingerprint density at radius 1 is 0.326 bits per heavy atom. The summed E-state index contributed by atoms with van der Waals surface area (Å²) in [5.74, 6) is -3.67. The number of hydrogen-bond donors (Lipinski definition) is 3. The van der Waals surface area contributed by atoms with Gasteiger partial charge in [0.05, 0.1) is 70.7 Å². The molecule has 758 valence electrons. The molecule has 0 unspecified atom stereocenters. The lowest BCUT2D eigenvalue weighted by molar-refractivity contribution is -0.133. The van der Waals surface area contributed by atoms with E-state index in [1.165, 1.54) is 123 Å². The van der Waals surface area contributed by atoms with Gasteiger partial charge in [-0.3, -0.25) is 34.2 Å². The highest BCUT2D eigenvalue weighted by molar-refractivity contribution is 5.97. The van der Waals surface area contributed by atoms with Gasteiger partial charge >= 0.3 is 17.9 Å². The first kappa shape index (κ1) is 106. The summed E-state index contributed by atoms with van der Waals surface area (Å²) in [4.78, 5) is 81.7. The first-order chi connectivity index (χ1) is 69.6. The van der Waals surface area contributed by atoms with Crippen molar-refractivity contribution in [1.82, 2.24) is 0 Å². The molecule has 8 heterocycles. The van der Waals surface area contributed by atoms with E-state index in [-0.39, 0.29) is 38.8 Å². The van der Waals surface area contributed by atoms with Crippen LogP contribution in [0, 0.1) is 19.7 Å². The lowest BCUT2D eigenvalue weighted by Gasteiger charge is -2.49. The van der Waals surface area contributed by atoms with Crippen LogP contribution in [-0.2, 0) is 99.9 Å². The van der Waals surface area contributed by atoms with Gasteiger partial charge in [0.25, 0.3) is 17.1 Å². The van der Waals surface area contributed by atoms with Gasteiger partial charge in [-0.1, -0.05) is 91.8 Å². The predicted molar refractivity (Wildman–Crippen MR) is 578 cm³/mol. The molecule has 0 bridgehead atoms. The number of methoxy groups -OCH3 is 4. The molecule has 0 aromatic heterocycles. The molecular weight excluding hydrogens is 1810 g/mol. The third kappa shape index (κ3) is 25.2. The fraction of sp³-hybridized carbons (Fsp3) is 0.432. The zero-order chi connectivity index (χ0) is 102. The van der Waals surface area contributed by atoms with Gasteiger partial charge in [-0.25, -0.2) is 14.5 Å². The van der Waals surface area contributed by atoms with Crippen LogP contribution in [0.15, 0.2) is 187 Å². The first-order valence-corrected chi connectivity index (χ1v) is 50.8. The smallest absolute Gasteiger partial charge is 0.333 e. The number of rotatable bonds is 39. The van der Waals surface area contributed by atoms with E-state index in [4.69, 9.17) is 57.9 Å². The van der Waals surface area contributed by atoms with E-state index in [9.17, 15) is 29.7 Å². The second-order valence-corrected chi connectivity index (χ2v) is 40.8. The summed E-state index contributed by atoms with van der Waals surface area (Å²) in [7, 11) is 6.74. The second kappa shape index (κ2) is 48.8. The van der Waals surface area contributed by atoms with Gasteiger partial charge in [0.1, 0.15) is 6.79 Å². The lowest BCUT2D eigenvalue weighted by atomic mass is 9.69. The summed E-state index contributed by atoms with van der Waals surface area (Å²) in [5, 5.41) is 31.9. The van der Waals surface area contributed by atoms with Crippen molar-refractivity contribution in [1.29, 1.82) is 0 Å². The van der Waals surface area contributed by atoms with Crippen LogP contribution in [0.25, 0.3) is 32.8 Å². The van der Waals surface area contributed by atoms with Crippen LogP contribution >= 0.6 is 0 Å². The van der Waals surface area contributed by atoms with Crippen LogP contribution in [0.5, 0.6) is 0 Å². The molecule has 0 radical (unpaired) electrons. The summed E-state index contributed by atoms with van der Waals surface area (Å²) in [5.41, 5.74) is 29.8. The molecule has 0 saturated carbocycles. The predicted octanol–water partition coefficient (Wildman–Crippen LogP) is 24.1. The molecule has 8 aliphatic heterocycles. The maximum absolute atomic E-state index is 11.6. The minimum atomic E-state index is -1.26. The molecule has 0 aliphatic carbocycles. The monoisotopic (exact) mass is 1950 g/mol. The van der Waals surface area contributed by atoms with Gasteiger partial charge in [-0.05, 0) is 344 Å². The van der Waals surface area contributed by atoms with Gasteiger partial charge < -0.3 is 78.1 Å². The number of aliphatic carboxylic acids is 3. The summed E-state index contributed by atoms with van der Waals surface area (Å²) in [6, 6.07) is 59.1. The average molecular weight is 1950 g/mol.